The largest absolute Gasteiger partial charge is 0.507 e. The summed E-state index contributed by atoms with van der Waals surface area (Å²) in [5.41, 5.74) is 2.67. The SMILES string of the molecule is CC(=C1CCC1)c1cc(F)c(O)cc1O. The van der Waals surface area contributed by atoms with Gasteiger partial charge in [-0.3, -0.25) is 0 Å². The van der Waals surface area contributed by atoms with E-state index in [2.05, 4.69) is 0 Å². The van der Waals surface area contributed by atoms with Crippen molar-refractivity contribution in [1.82, 2.24) is 0 Å². The Morgan fingerprint density at radius 1 is 1.20 bits per heavy atom. The molecule has 0 atom stereocenters. The first-order valence-corrected chi connectivity index (χ1v) is 5.00. The van der Waals surface area contributed by atoms with Gasteiger partial charge in [-0.15, -0.1) is 0 Å². The second kappa shape index (κ2) is 3.57. The molecule has 3 heteroatoms. The molecule has 0 bridgehead atoms. The van der Waals surface area contributed by atoms with E-state index in [0.29, 0.717) is 5.56 Å². The van der Waals surface area contributed by atoms with Gasteiger partial charge in [0.15, 0.2) is 11.6 Å². The molecule has 1 aromatic carbocycles. The zero-order chi connectivity index (χ0) is 11.0. The molecule has 0 aliphatic heterocycles. The Hall–Kier alpha value is -1.51. The number of benzene rings is 1. The minimum Gasteiger partial charge on any atom is -0.507 e. The van der Waals surface area contributed by atoms with E-state index in [1.165, 1.54) is 11.6 Å². The predicted molar refractivity (Wildman–Crippen MR) is 56.2 cm³/mol. The van der Waals surface area contributed by atoms with Gasteiger partial charge >= 0.3 is 0 Å². The summed E-state index contributed by atoms with van der Waals surface area (Å²) in [5.74, 6) is -1.27. The van der Waals surface area contributed by atoms with Gasteiger partial charge in [-0.25, -0.2) is 4.39 Å². The van der Waals surface area contributed by atoms with Crippen LogP contribution in [0.25, 0.3) is 5.57 Å². The third-order valence-corrected chi connectivity index (χ3v) is 2.96. The lowest BCUT2D eigenvalue weighted by Gasteiger charge is -2.20. The van der Waals surface area contributed by atoms with Gasteiger partial charge in [-0.05, 0) is 37.8 Å². The highest BCUT2D eigenvalue weighted by atomic mass is 19.1. The maximum Gasteiger partial charge on any atom is 0.165 e. The van der Waals surface area contributed by atoms with Gasteiger partial charge in [0.05, 0.1) is 0 Å². The number of allylic oxidation sites excluding steroid dienone is 2. The quantitative estimate of drug-likeness (QED) is 0.744. The van der Waals surface area contributed by atoms with Crippen molar-refractivity contribution in [2.75, 3.05) is 0 Å². The van der Waals surface area contributed by atoms with Crippen LogP contribution in [0.15, 0.2) is 17.7 Å². The predicted octanol–water partition coefficient (Wildman–Crippen LogP) is 3.19. The molecule has 80 valence electrons. The summed E-state index contributed by atoms with van der Waals surface area (Å²) in [4.78, 5) is 0. The smallest absolute Gasteiger partial charge is 0.165 e. The summed E-state index contributed by atoms with van der Waals surface area (Å²) in [5, 5.41) is 18.7. The van der Waals surface area contributed by atoms with E-state index < -0.39 is 11.6 Å². The van der Waals surface area contributed by atoms with Crippen LogP contribution >= 0.6 is 0 Å². The van der Waals surface area contributed by atoms with Crippen molar-refractivity contribution in [2.45, 2.75) is 26.2 Å². The topological polar surface area (TPSA) is 40.5 Å². The Balaban J connectivity index is 2.48. The summed E-state index contributed by atoms with van der Waals surface area (Å²) < 4.78 is 13.1. The van der Waals surface area contributed by atoms with Crippen LogP contribution in [0.5, 0.6) is 11.5 Å². The summed E-state index contributed by atoms with van der Waals surface area (Å²) in [7, 11) is 0. The van der Waals surface area contributed by atoms with Crippen molar-refractivity contribution in [1.29, 1.82) is 0 Å². The molecule has 0 aromatic heterocycles. The normalized spacial score (nSPS) is 14.9. The average Bonchev–Trinajstić information content (AvgIpc) is 2.08. The van der Waals surface area contributed by atoms with Gasteiger partial charge in [0.25, 0.3) is 0 Å². The van der Waals surface area contributed by atoms with Crippen LogP contribution in [0.2, 0.25) is 0 Å². The molecule has 1 aliphatic rings. The number of halogens is 1. The van der Waals surface area contributed by atoms with E-state index >= 15 is 0 Å². The van der Waals surface area contributed by atoms with Gasteiger partial charge in [0.2, 0.25) is 0 Å². The first-order valence-electron chi connectivity index (χ1n) is 5.00. The highest BCUT2D eigenvalue weighted by molar-refractivity contribution is 5.73. The first kappa shape index (κ1) is 10.0. The van der Waals surface area contributed by atoms with Crippen LogP contribution in [-0.2, 0) is 0 Å². The lowest BCUT2D eigenvalue weighted by molar-refractivity contribution is 0.418. The number of hydrogen-bond donors (Lipinski definition) is 2. The summed E-state index contributed by atoms with van der Waals surface area (Å²) in [6, 6.07) is 2.23. The maximum atomic E-state index is 13.1. The van der Waals surface area contributed by atoms with E-state index in [9.17, 15) is 9.50 Å². The summed E-state index contributed by atoms with van der Waals surface area (Å²) >= 11 is 0. The van der Waals surface area contributed by atoms with E-state index in [-0.39, 0.29) is 5.75 Å². The molecule has 0 saturated heterocycles. The molecule has 0 spiro atoms. The molecule has 1 aliphatic carbocycles. The fourth-order valence-corrected chi connectivity index (χ4v) is 1.77. The molecule has 2 rings (SSSR count). The second-order valence-electron chi connectivity index (χ2n) is 3.90. The van der Waals surface area contributed by atoms with Crippen LogP contribution in [0.3, 0.4) is 0 Å². The molecule has 0 amide bonds. The zero-order valence-corrected chi connectivity index (χ0v) is 8.55. The number of hydrogen-bond acceptors (Lipinski definition) is 2. The number of aromatic hydroxyl groups is 2. The van der Waals surface area contributed by atoms with Gasteiger partial charge in [0, 0.05) is 11.6 Å². The van der Waals surface area contributed by atoms with Gasteiger partial charge < -0.3 is 10.2 Å². The molecule has 1 saturated carbocycles. The van der Waals surface area contributed by atoms with Crippen LogP contribution in [0.4, 0.5) is 4.39 Å². The van der Waals surface area contributed by atoms with Crippen molar-refractivity contribution in [3.8, 4) is 11.5 Å². The molecular formula is C12H13FO2. The number of phenols is 2. The van der Waals surface area contributed by atoms with Crippen molar-refractivity contribution in [3.05, 3.63) is 29.1 Å². The van der Waals surface area contributed by atoms with Gasteiger partial charge in [-0.1, -0.05) is 5.57 Å². The van der Waals surface area contributed by atoms with Crippen LogP contribution < -0.4 is 0 Å². The molecule has 1 fully saturated rings. The van der Waals surface area contributed by atoms with E-state index in [1.54, 1.807) is 0 Å². The Labute approximate surface area is 87.7 Å². The third kappa shape index (κ3) is 1.69. The fraction of sp³-hybridized carbons (Fsp3) is 0.333. The molecule has 0 heterocycles. The molecule has 1 aromatic rings. The fourth-order valence-electron chi connectivity index (χ4n) is 1.77. The molecule has 0 unspecified atom stereocenters. The van der Waals surface area contributed by atoms with Crippen molar-refractivity contribution >= 4 is 5.57 Å². The monoisotopic (exact) mass is 208 g/mol. The zero-order valence-electron chi connectivity index (χ0n) is 8.55. The van der Waals surface area contributed by atoms with Gasteiger partial charge in [0.1, 0.15) is 5.75 Å². The lowest BCUT2D eigenvalue weighted by atomic mass is 9.86. The van der Waals surface area contributed by atoms with E-state index in [0.717, 1.165) is 30.9 Å². The van der Waals surface area contributed by atoms with Crippen LogP contribution in [0.1, 0.15) is 31.7 Å². The third-order valence-electron chi connectivity index (χ3n) is 2.96. The standard InChI is InChI=1S/C12H13FO2/c1-7(8-3-2-4-8)9-5-10(13)12(15)6-11(9)14/h5-6,14-15H,2-4H2,1H3. The molecule has 15 heavy (non-hydrogen) atoms. The van der Waals surface area contributed by atoms with E-state index in [1.807, 2.05) is 6.92 Å². The second-order valence-corrected chi connectivity index (χ2v) is 3.90. The Morgan fingerprint density at radius 3 is 2.40 bits per heavy atom. The molecule has 2 nitrogen and oxygen atoms in total. The summed E-state index contributed by atoms with van der Waals surface area (Å²) in [6.45, 7) is 1.88. The molecule has 2 N–H and O–H groups in total. The molecular weight excluding hydrogens is 195 g/mol. The minimum atomic E-state index is -0.693. The van der Waals surface area contributed by atoms with Crippen molar-refractivity contribution in [3.63, 3.8) is 0 Å². The average molecular weight is 208 g/mol. The summed E-state index contributed by atoms with van der Waals surface area (Å²) in [6.07, 6.45) is 3.20. The van der Waals surface area contributed by atoms with Crippen molar-refractivity contribution in [2.24, 2.45) is 0 Å². The Bertz CT molecular complexity index is 429. The molecule has 0 radical (unpaired) electrons. The Kier molecular flexibility index (Phi) is 2.39. The first-order chi connectivity index (χ1) is 7.09. The lowest BCUT2D eigenvalue weighted by Crippen LogP contribution is -2.00. The Morgan fingerprint density at radius 2 is 1.87 bits per heavy atom. The highest BCUT2D eigenvalue weighted by Crippen LogP contribution is 2.38. The van der Waals surface area contributed by atoms with E-state index in [4.69, 9.17) is 5.11 Å². The van der Waals surface area contributed by atoms with Gasteiger partial charge in [-0.2, -0.15) is 0 Å². The number of rotatable bonds is 1. The highest BCUT2D eigenvalue weighted by Gasteiger charge is 2.16. The maximum absolute atomic E-state index is 13.1. The van der Waals surface area contributed by atoms with Crippen molar-refractivity contribution < 1.29 is 14.6 Å². The van der Waals surface area contributed by atoms with Crippen LogP contribution in [-0.4, -0.2) is 10.2 Å². The minimum absolute atomic E-state index is 0.0641. The van der Waals surface area contributed by atoms with Crippen LogP contribution in [0, 0.1) is 5.82 Å². The number of phenolic OH excluding ortho intramolecular Hbond substituents is 2.